The molecule has 1 aromatic carbocycles. The number of carbonyl (C=O) groups excluding carboxylic acids is 2. The van der Waals surface area contributed by atoms with E-state index in [1.54, 1.807) is 6.92 Å². The number of aromatic hydroxyl groups is 1. The maximum atomic E-state index is 12.4. The molecule has 0 bridgehead atoms. The fourth-order valence-electron chi connectivity index (χ4n) is 2.40. The molecular weight excluding hydrogens is 330 g/mol. The van der Waals surface area contributed by atoms with Crippen LogP contribution in [0.25, 0.3) is 0 Å². The molecule has 0 unspecified atom stereocenters. The largest absolute Gasteiger partial charge is 0.502 e. The summed E-state index contributed by atoms with van der Waals surface area (Å²) in [6, 6.07) is 2.20. The van der Waals surface area contributed by atoms with Crippen molar-refractivity contribution >= 4 is 17.7 Å². The summed E-state index contributed by atoms with van der Waals surface area (Å²) in [6.07, 6.45) is 0. The van der Waals surface area contributed by atoms with Gasteiger partial charge in [-0.3, -0.25) is 10.1 Å². The monoisotopic (exact) mass is 349 g/mol. The molecule has 2 rings (SSSR count). The minimum absolute atomic E-state index is 0.129. The number of phenolic OH excluding ortho intramolecular Hbond substituents is 1. The summed E-state index contributed by atoms with van der Waals surface area (Å²) in [7, 11) is 0. The molecule has 0 saturated heterocycles. The first-order chi connectivity index (χ1) is 11.7. The number of nitro benzene ring substituents is 1. The zero-order chi connectivity index (χ0) is 18.7. The quantitative estimate of drug-likeness (QED) is 0.424. The average Bonchev–Trinajstić information content (AvgIpc) is 2.52. The number of amides is 2. The Labute approximate surface area is 143 Å². The van der Waals surface area contributed by atoms with Gasteiger partial charge in [0, 0.05) is 11.8 Å². The Morgan fingerprint density at radius 2 is 2.12 bits per heavy atom. The third kappa shape index (κ3) is 4.06. The van der Waals surface area contributed by atoms with Crippen LogP contribution in [0.1, 0.15) is 32.4 Å². The number of urea groups is 1. The van der Waals surface area contributed by atoms with Gasteiger partial charge >= 0.3 is 17.7 Å². The van der Waals surface area contributed by atoms with Crippen LogP contribution >= 0.6 is 0 Å². The van der Waals surface area contributed by atoms with E-state index in [0.29, 0.717) is 5.70 Å². The summed E-state index contributed by atoms with van der Waals surface area (Å²) in [6.45, 7) is 5.52. The lowest BCUT2D eigenvalue weighted by atomic mass is 9.95. The van der Waals surface area contributed by atoms with E-state index < -0.39 is 34.4 Å². The first-order valence-electron chi connectivity index (χ1n) is 7.63. The molecular formula is C16H19N3O6. The summed E-state index contributed by atoms with van der Waals surface area (Å²) in [5, 5.41) is 25.6. The topological polar surface area (TPSA) is 131 Å². The Morgan fingerprint density at radius 1 is 1.44 bits per heavy atom. The zero-order valence-corrected chi connectivity index (χ0v) is 14.0. The average molecular weight is 349 g/mol. The van der Waals surface area contributed by atoms with Gasteiger partial charge in [-0.15, -0.1) is 0 Å². The molecule has 0 radical (unpaired) electrons. The van der Waals surface area contributed by atoms with Gasteiger partial charge in [0.1, 0.15) is 0 Å². The van der Waals surface area contributed by atoms with Crippen molar-refractivity contribution in [2.75, 3.05) is 6.61 Å². The van der Waals surface area contributed by atoms with Crippen molar-refractivity contribution in [3.63, 3.8) is 0 Å². The number of ether oxygens (including phenoxy) is 1. The van der Waals surface area contributed by atoms with E-state index in [4.69, 9.17) is 4.74 Å². The highest BCUT2D eigenvalue weighted by Gasteiger charge is 2.33. The highest BCUT2D eigenvalue weighted by atomic mass is 16.6. The van der Waals surface area contributed by atoms with Crippen molar-refractivity contribution < 1.29 is 24.4 Å². The number of carbonyl (C=O) groups is 2. The first-order valence-corrected chi connectivity index (χ1v) is 7.63. The van der Waals surface area contributed by atoms with Gasteiger partial charge in [-0.2, -0.15) is 0 Å². The Balaban J connectivity index is 2.44. The second kappa shape index (κ2) is 7.20. The predicted octanol–water partition coefficient (Wildman–Crippen LogP) is 2.13. The van der Waals surface area contributed by atoms with Gasteiger partial charge in [-0.1, -0.05) is 19.9 Å². The van der Waals surface area contributed by atoms with Gasteiger partial charge in [-0.25, -0.2) is 9.59 Å². The molecule has 1 atom stereocenters. The minimum Gasteiger partial charge on any atom is -0.502 e. The molecule has 0 fully saturated rings. The Morgan fingerprint density at radius 3 is 2.72 bits per heavy atom. The van der Waals surface area contributed by atoms with Crippen LogP contribution in [0.5, 0.6) is 5.75 Å². The summed E-state index contributed by atoms with van der Waals surface area (Å²) in [4.78, 5) is 34.5. The SMILES string of the molecule is CC1=C(C(=O)OCC(C)C)[C@@H](c2ccc(O)c([N+](=O)[O-])c2)NC(=O)N1. The van der Waals surface area contributed by atoms with Gasteiger partial charge in [0.05, 0.1) is 23.1 Å². The fraction of sp³-hybridized carbons (Fsp3) is 0.375. The molecule has 0 aromatic heterocycles. The van der Waals surface area contributed by atoms with E-state index >= 15 is 0 Å². The van der Waals surface area contributed by atoms with Crippen LogP contribution in [0, 0.1) is 16.0 Å². The van der Waals surface area contributed by atoms with E-state index in [0.717, 1.165) is 12.1 Å². The van der Waals surface area contributed by atoms with Gasteiger partial charge in [0.2, 0.25) is 0 Å². The van der Waals surface area contributed by atoms with Crippen molar-refractivity contribution in [3.8, 4) is 5.75 Å². The number of nitro groups is 1. The number of nitrogens with zero attached hydrogens (tertiary/aromatic N) is 1. The molecule has 9 heteroatoms. The molecule has 25 heavy (non-hydrogen) atoms. The minimum atomic E-state index is -0.923. The molecule has 9 nitrogen and oxygen atoms in total. The maximum absolute atomic E-state index is 12.4. The highest BCUT2D eigenvalue weighted by Crippen LogP contribution is 2.33. The number of hydrogen-bond acceptors (Lipinski definition) is 6. The van der Waals surface area contributed by atoms with E-state index in [-0.39, 0.29) is 23.7 Å². The molecule has 0 saturated carbocycles. The molecule has 0 spiro atoms. The highest BCUT2D eigenvalue weighted by molar-refractivity contribution is 5.95. The lowest BCUT2D eigenvalue weighted by Crippen LogP contribution is -2.45. The molecule has 0 aliphatic carbocycles. The second-order valence-electron chi connectivity index (χ2n) is 6.07. The van der Waals surface area contributed by atoms with Gasteiger partial charge in [-0.05, 0) is 24.5 Å². The van der Waals surface area contributed by atoms with Crippen molar-refractivity contribution in [3.05, 3.63) is 45.1 Å². The van der Waals surface area contributed by atoms with E-state index in [9.17, 15) is 24.8 Å². The number of phenols is 1. The number of rotatable bonds is 5. The van der Waals surface area contributed by atoms with Gasteiger partial charge in [0.15, 0.2) is 5.75 Å². The van der Waals surface area contributed by atoms with Crippen molar-refractivity contribution in [1.29, 1.82) is 0 Å². The maximum Gasteiger partial charge on any atom is 0.338 e. The third-order valence-corrected chi connectivity index (χ3v) is 3.57. The van der Waals surface area contributed by atoms with Gasteiger partial charge in [0.25, 0.3) is 0 Å². The third-order valence-electron chi connectivity index (χ3n) is 3.57. The Kier molecular flexibility index (Phi) is 5.26. The molecule has 1 heterocycles. The first kappa shape index (κ1) is 18.2. The van der Waals surface area contributed by atoms with Crippen molar-refractivity contribution in [1.82, 2.24) is 10.6 Å². The molecule has 3 N–H and O–H groups in total. The summed E-state index contributed by atoms with van der Waals surface area (Å²) < 4.78 is 5.23. The van der Waals surface area contributed by atoms with Crippen molar-refractivity contribution in [2.24, 2.45) is 5.92 Å². The Hall–Kier alpha value is -3.10. The van der Waals surface area contributed by atoms with Crippen LogP contribution in [0.4, 0.5) is 10.5 Å². The number of benzene rings is 1. The van der Waals surface area contributed by atoms with E-state index in [2.05, 4.69) is 10.6 Å². The van der Waals surface area contributed by atoms with Crippen LogP contribution in [-0.2, 0) is 9.53 Å². The summed E-state index contributed by atoms with van der Waals surface area (Å²) in [5.74, 6) is -0.998. The van der Waals surface area contributed by atoms with Gasteiger partial charge < -0.3 is 20.5 Å². The number of nitrogens with one attached hydrogen (secondary N) is 2. The molecule has 134 valence electrons. The smallest absolute Gasteiger partial charge is 0.338 e. The lowest BCUT2D eigenvalue weighted by molar-refractivity contribution is -0.385. The van der Waals surface area contributed by atoms with Crippen LogP contribution in [-0.4, -0.2) is 28.6 Å². The molecule has 1 aromatic rings. The number of allylic oxidation sites excluding steroid dienone is 1. The Bertz CT molecular complexity index is 756. The number of esters is 1. The van der Waals surface area contributed by atoms with E-state index in [1.165, 1.54) is 6.07 Å². The van der Waals surface area contributed by atoms with Crippen LogP contribution < -0.4 is 10.6 Å². The second-order valence-corrected chi connectivity index (χ2v) is 6.07. The lowest BCUT2D eigenvalue weighted by Gasteiger charge is -2.28. The molecule has 1 aliphatic heterocycles. The molecule has 2 amide bonds. The predicted molar refractivity (Wildman–Crippen MR) is 87.7 cm³/mol. The molecule has 1 aliphatic rings. The normalized spacial score (nSPS) is 17.1. The van der Waals surface area contributed by atoms with Crippen LogP contribution in [0.15, 0.2) is 29.5 Å². The fourth-order valence-corrected chi connectivity index (χ4v) is 2.40. The standard InChI is InChI=1S/C16H19N3O6/c1-8(2)7-25-15(21)13-9(3)17-16(22)18-14(13)10-4-5-12(20)11(6-10)19(23)24/h4-6,8,14,20H,7H2,1-3H3,(H2,17,18,22)/t14-/m1/s1. The van der Waals surface area contributed by atoms with Crippen LogP contribution in [0.2, 0.25) is 0 Å². The van der Waals surface area contributed by atoms with Crippen molar-refractivity contribution in [2.45, 2.75) is 26.8 Å². The summed E-state index contributed by atoms with van der Waals surface area (Å²) in [5.41, 5.74) is 0.228. The number of hydrogen-bond donors (Lipinski definition) is 3. The van der Waals surface area contributed by atoms with Crippen LogP contribution in [0.3, 0.4) is 0 Å². The van der Waals surface area contributed by atoms with E-state index in [1.807, 2.05) is 13.8 Å². The zero-order valence-electron chi connectivity index (χ0n) is 14.0. The summed E-state index contributed by atoms with van der Waals surface area (Å²) >= 11 is 0.